The number of benzene rings is 2. The summed E-state index contributed by atoms with van der Waals surface area (Å²) in [6.45, 7) is 1.85. The Morgan fingerprint density at radius 3 is 2.58 bits per heavy atom. The Morgan fingerprint density at radius 2 is 1.85 bits per heavy atom. The molecule has 0 aliphatic heterocycles. The quantitative estimate of drug-likeness (QED) is 0.406. The molecular formula is C19H13FN4O2. The number of non-ortho nitro benzene ring substituents is 1. The van der Waals surface area contributed by atoms with Crippen LogP contribution in [-0.2, 0) is 0 Å². The van der Waals surface area contributed by atoms with Gasteiger partial charge >= 0.3 is 0 Å². The molecule has 0 atom stereocenters. The van der Waals surface area contributed by atoms with Crippen molar-refractivity contribution in [2.45, 2.75) is 6.92 Å². The molecule has 2 aromatic carbocycles. The summed E-state index contributed by atoms with van der Waals surface area (Å²) in [6.07, 6.45) is 1.64. The second kappa shape index (κ2) is 6.03. The van der Waals surface area contributed by atoms with Crippen LogP contribution in [0.2, 0.25) is 0 Å². The second-order valence-corrected chi connectivity index (χ2v) is 5.84. The molecule has 128 valence electrons. The molecule has 0 fully saturated rings. The van der Waals surface area contributed by atoms with Gasteiger partial charge in [0.1, 0.15) is 5.82 Å². The molecule has 4 rings (SSSR count). The first-order chi connectivity index (χ1) is 12.5. The van der Waals surface area contributed by atoms with Gasteiger partial charge in [-0.15, -0.1) is 0 Å². The molecule has 0 aliphatic carbocycles. The zero-order valence-corrected chi connectivity index (χ0v) is 13.8. The van der Waals surface area contributed by atoms with E-state index < -0.39 is 4.92 Å². The van der Waals surface area contributed by atoms with Crippen LogP contribution in [0.15, 0.2) is 60.8 Å². The molecule has 0 radical (unpaired) electrons. The van der Waals surface area contributed by atoms with Crippen molar-refractivity contribution in [2.75, 3.05) is 0 Å². The fraction of sp³-hybridized carbons (Fsp3) is 0.0526. The SMILES string of the molecule is Cc1nn2c(-c3cccc([N+](=O)[O-])c3)ccnc2c1-c1ccc(F)cc1. The van der Waals surface area contributed by atoms with Crippen molar-refractivity contribution in [1.29, 1.82) is 0 Å². The number of halogens is 1. The van der Waals surface area contributed by atoms with E-state index in [1.807, 2.05) is 6.92 Å². The van der Waals surface area contributed by atoms with E-state index in [1.165, 1.54) is 24.3 Å². The van der Waals surface area contributed by atoms with Gasteiger partial charge in [-0.3, -0.25) is 10.1 Å². The Bertz CT molecular complexity index is 1140. The fourth-order valence-electron chi connectivity index (χ4n) is 3.00. The number of hydrogen-bond acceptors (Lipinski definition) is 4. The van der Waals surface area contributed by atoms with E-state index in [0.717, 1.165) is 16.8 Å². The zero-order valence-electron chi connectivity index (χ0n) is 13.8. The molecule has 0 saturated carbocycles. The second-order valence-electron chi connectivity index (χ2n) is 5.84. The Hall–Kier alpha value is -3.61. The van der Waals surface area contributed by atoms with Gasteiger partial charge in [-0.1, -0.05) is 24.3 Å². The Labute approximate surface area is 147 Å². The molecule has 6 nitrogen and oxygen atoms in total. The van der Waals surface area contributed by atoms with Gasteiger partial charge in [0.15, 0.2) is 5.65 Å². The zero-order chi connectivity index (χ0) is 18.3. The summed E-state index contributed by atoms with van der Waals surface area (Å²) in [7, 11) is 0. The Kier molecular flexibility index (Phi) is 3.69. The maximum atomic E-state index is 13.2. The van der Waals surface area contributed by atoms with Gasteiger partial charge in [-0.25, -0.2) is 13.9 Å². The third-order valence-electron chi connectivity index (χ3n) is 4.18. The molecule has 0 aliphatic rings. The number of fused-ring (bicyclic) bond motifs is 1. The van der Waals surface area contributed by atoms with E-state index in [4.69, 9.17) is 0 Å². The van der Waals surface area contributed by atoms with Crippen molar-refractivity contribution in [3.63, 3.8) is 0 Å². The van der Waals surface area contributed by atoms with Crippen LogP contribution in [0.3, 0.4) is 0 Å². The molecule has 2 heterocycles. The van der Waals surface area contributed by atoms with E-state index in [2.05, 4.69) is 10.1 Å². The third-order valence-corrected chi connectivity index (χ3v) is 4.18. The minimum absolute atomic E-state index is 0.00935. The number of nitro benzene ring substituents is 1. The van der Waals surface area contributed by atoms with E-state index in [1.54, 1.807) is 41.0 Å². The van der Waals surface area contributed by atoms with Gasteiger partial charge in [0.05, 0.1) is 16.3 Å². The summed E-state index contributed by atoms with van der Waals surface area (Å²) in [6, 6.07) is 14.3. The number of nitrogens with zero attached hydrogens (tertiary/aromatic N) is 4. The lowest BCUT2D eigenvalue weighted by Crippen LogP contribution is -1.97. The first kappa shape index (κ1) is 15.9. The minimum atomic E-state index is -0.430. The average Bonchev–Trinajstić information content (AvgIpc) is 2.98. The summed E-state index contributed by atoms with van der Waals surface area (Å²) >= 11 is 0. The van der Waals surface area contributed by atoms with Crippen molar-refractivity contribution in [2.24, 2.45) is 0 Å². The Balaban J connectivity index is 1.94. The topological polar surface area (TPSA) is 73.3 Å². The summed E-state index contributed by atoms with van der Waals surface area (Å²) in [4.78, 5) is 15.0. The number of rotatable bonds is 3. The highest BCUT2D eigenvalue weighted by molar-refractivity contribution is 5.81. The number of aryl methyl sites for hydroxylation is 1. The van der Waals surface area contributed by atoms with Gasteiger partial charge in [-0.05, 0) is 30.7 Å². The molecule has 0 bridgehead atoms. The summed E-state index contributed by atoms with van der Waals surface area (Å²) in [5.74, 6) is -0.312. The summed E-state index contributed by atoms with van der Waals surface area (Å²) in [5, 5.41) is 15.6. The van der Waals surface area contributed by atoms with Gasteiger partial charge in [-0.2, -0.15) is 5.10 Å². The molecule has 0 N–H and O–H groups in total. The number of hydrogen-bond donors (Lipinski definition) is 0. The standard InChI is InChI=1S/C19H13FN4O2/c1-12-18(13-5-7-15(20)8-6-13)19-21-10-9-17(23(19)22-12)14-3-2-4-16(11-14)24(25)26/h2-11H,1H3. The molecule has 0 amide bonds. The van der Waals surface area contributed by atoms with Gasteiger partial charge in [0.2, 0.25) is 0 Å². The van der Waals surface area contributed by atoms with Crippen molar-refractivity contribution in [1.82, 2.24) is 14.6 Å². The molecule has 0 unspecified atom stereocenters. The maximum Gasteiger partial charge on any atom is 0.270 e. The van der Waals surface area contributed by atoms with Crippen LogP contribution in [0.25, 0.3) is 28.0 Å². The lowest BCUT2D eigenvalue weighted by Gasteiger charge is -2.05. The molecule has 7 heteroatoms. The minimum Gasteiger partial charge on any atom is -0.258 e. The number of aromatic nitrogens is 3. The monoisotopic (exact) mass is 348 g/mol. The lowest BCUT2D eigenvalue weighted by atomic mass is 10.1. The smallest absolute Gasteiger partial charge is 0.258 e. The van der Waals surface area contributed by atoms with E-state index in [9.17, 15) is 14.5 Å². The highest BCUT2D eigenvalue weighted by atomic mass is 19.1. The van der Waals surface area contributed by atoms with Crippen molar-refractivity contribution >= 4 is 11.3 Å². The summed E-state index contributed by atoms with van der Waals surface area (Å²) < 4.78 is 14.9. The van der Waals surface area contributed by atoms with Gasteiger partial charge in [0, 0.05) is 29.5 Å². The van der Waals surface area contributed by atoms with Gasteiger partial charge in [0.25, 0.3) is 5.69 Å². The Morgan fingerprint density at radius 1 is 1.08 bits per heavy atom. The number of nitro groups is 1. The third kappa shape index (κ3) is 2.59. The van der Waals surface area contributed by atoms with E-state index in [0.29, 0.717) is 16.9 Å². The largest absolute Gasteiger partial charge is 0.270 e. The molecule has 2 aromatic heterocycles. The van der Waals surface area contributed by atoms with Crippen LogP contribution >= 0.6 is 0 Å². The van der Waals surface area contributed by atoms with Crippen molar-refractivity contribution in [3.05, 3.63) is 82.4 Å². The van der Waals surface area contributed by atoms with Crippen LogP contribution in [0.4, 0.5) is 10.1 Å². The van der Waals surface area contributed by atoms with Crippen LogP contribution in [-0.4, -0.2) is 19.5 Å². The predicted octanol–water partition coefficient (Wildman–Crippen LogP) is 4.42. The molecule has 0 saturated heterocycles. The first-order valence-electron chi connectivity index (χ1n) is 7.90. The maximum absolute atomic E-state index is 13.2. The predicted molar refractivity (Wildman–Crippen MR) is 95.2 cm³/mol. The normalized spacial score (nSPS) is 11.0. The molecule has 0 spiro atoms. The van der Waals surface area contributed by atoms with Crippen LogP contribution < -0.4 is 0 Å². The van der Waals surface area contributed by atoms with Crippen molar-refractivity contribution < 1.29 is 9.31 Å². The highest BCUT2D eigenvalue weighted by Gasteiger charge is 2.17. The van der Waals surface area contributed by atoms with Gasteiger partial charge < -0.3 is 0 Å². The van der Waals surface area contributed by atoms with E-state index >= 15 is 0 Å². The molecule has 26 heavy (non-hydrogen) atoms. The molecule has 4 aromatic rings. The molecular weight excluding hydrogens is 335 g/mol. The average molecular weight is 348 g/mol. The lowest BCUT2D eigenvalue weighted by molar-refractivity contribution is -0.384. The van der Waals surface area contributed by atoms with E-state index in [-0.39, 0.29) is 11.5 Å². The van der Waals surface area contributed by atoms with Crippen molar-refractivity contribution in [3.8, 4) is 22.4 Å². The summed E-state index contributed by atoms with van der Waals surface area (Å²) in [5.41, 5.74) is 4.32. The van der Waals surface area contributed by atoms with Crippen LogP contribution in [0, 0.1) is 22.9 Å². The first-order valence-corrected chi connectivity index (χ1v) is 7.90. The van der Waals surface area contributed by atoms with Crippen LogP contribution in [0.5, 0.6) is 0 Å². The highest BCUT2D eigenvalue weighted by Crippen LogP contribution is 2.31. The fourth-order valence-corrected chi connectivity index (χ4v) is 3.00. The van der Waals surface area contributed by atoms with Crippen LogP contribution in [0.1, 0.15) is 5.69 Å².